The predicted molar refractivity (Wildman–Crippen MR) is 91.7 cm³/mol. The van der Waals surface area contributed by atoms with Crippen molar-refractivity contribution in [1.29, 1.82) is 0 Å². The SMILES string of the molecule is Cc1c(NC(=O)c2nnn(C3CCNCC3)c2C)cccc1[N+](=O)[O-]. The van der Waals surface area contributed by atoms with Gasteiger partial charge in [0.2, 0.25) is 0 Å². The van der Waals surface area contributed by atoms with Gasteiger partial charge in [0.25, 0.3) is 11.6 Å². The zero-order chi connectivity index (χ0) is 18.0. The number of carbonyl (C=O) groups is 1. The summed E-state index contributed by atoms with van der Waals surface area (Å²) < 4.78 is 1.80. The fourth-order valence-corrected chi connectivity index (χ4v) is 3.09. The molecule has 2 heterocycles. The molecule has 0 unspecified atom stereocenters. The molecule has 1 amide bonds. The first kappa shape index (κ1) is 17.0. The number of aromatic nitrogens is 3. The second-order valence-corrected chi connectivity index (χ2v) is 6.11. The van der Waals surface area contributed by atoms with Gasteiger partial charge < -0.3 is 10.6 Å². The van der Waals surface area contributed by atoms with Crippen LogP contribution in [0.5, 0.6) is 0 Å². The summed E-state index contributed by atoms with van der Waals surface area (Å²) in [5.74, 6) is -0.415. The van der Waals surface area contributed by atoms with E-state index in [4.69, 9.17) is 0 Å². The summed E-state index contributed by atoms with van der Waals surface area (Å²) in [5.41, 5.74) is 1.71. The molecule has 132 valence electrons. The molecule has 1 aromatic heterocycles. The number of amides is 1. The molecule has 1 saturated heterocycles. The Morgan fingerprint density at radius 1 is 1.36 bits per heavy atom. The third-order valence-electron chi connectivity index (χ3n) is 4.55. The first-order valence-corrected chi connectivity index (χ1v) is 8.17. The summed E-state index contributed by atoms with van der Waals surface area (Å²) >= 11 is 0. The Bertz CT molecular complexity index is 810. The molecule has 1 aliphatic heterocycles. The minimum Gasteiger partial charge on any atom is -0.320 e. The van der Waals surface area contributed by atoms with Crippen LogP contribution < -0.4 is 10.6 Å². The number of hydrogen-bond donors (Lipinski definition) is 2. The number of nitrogens with zero attached hydrogens (tertiary/aromatic N) is 4. The summed E-state index contributed by atoms with van der Waals surface area (Å²) in [6.07, 6.45) is 1.88. The van der Waals surface area contributed by atoms with E-state index in [1.165, 1.54) is 6.07 Å². The van der Waals surface area contributed by atoms with Gasteiger partial charge in [-0.05, 0) is 45.8 Å². The quantitative estimate of drug-likeness (QED) is 0.647. The topological polar surface area (TPSA) is 115 Å². The maximum atomic E-state index is 12.6. The van der Waals surface area contributed by atoms with E-state index in [9.17, 15) is 14.9 Å². The minimum atomic E-state index is -0.469. The zero-order valence-electron chi connectivity index (χ0n) is 14.2. The van der Waals surface area contributed by atoms with Gasteiger partial charge in [0.05, 0.1) is 27.9 Å². The second-order valence-electron chi connectivity index (χ2n) is 6.11. The van der Waals surface area contributed by atoms with E-state index >= 15 is 0 Å². The molecule has 0 saturated carbocycles. The Morgan fingerprint density at radius 2 is 2.08 bits per heavy atom. The molecule has 0 atom stereocenters. The lowest BCUT2D eigenvalue weighted by molar-refractivity contribution is -0.385. The second kappa shape index (κ2) is 6.98. The largest absolute Gasteiger partial charge is 0.320 e. The molecular weight excluding hydrogens is 324 g/mol. The lowest BCUT2D eigenvalue weighted by Crippen LogP contribution is -2.30. The first-order valence-electron chi connectivity index (χ1n) is 8.17. The Kier molecular flexibility index (Phi) is 4.75. The predicted octanol–water partition coefficient (Wildman–Crippen LogP) is 1.98. The zero-order valence-corrected chi connectivity index (χ0v) is 14.2. The molecule has 1 aliphatic rings. The van der Waals surface area contributed by atoms with Crippen LogP contribution in [0.1, 0.15) is 40.6 Å². The van der Waals surface area contributed by atoms with Crippen LogP contribution in [0.3, 0.4) is 0 Å². The van der Waals surface area contributed by atoms with E-state index < -0.39 is 10.8 Å². The van der Waals surface area contributed by atoms with Crippen LogP contribution in [0.15, 0.2) is 18.2 Å². The van der Waals surface area contributed by atoms with E-state index in [2.05, 4.69) is 20.9 Å². The summed E-state index contributed by atoms with van der Waals surface area (Å²) in [7, 11) is 0. The molecule has 3 rings (SSSR count). The Morgan fingerprint density at radius 3 is 2.76 bits per heavy atom. The van der Waals surface area contributed by atoms with Gasteiger partial charge in [-0.15, -0.1) is 5.10 Å². The summed E-state index contributed by atoms with van der Waals surface area (Å²) in [5, 5.41) is 25.2. The van der Waals surface area contributed by atoms with Crippen molar-refractivity contribution in [2.75, 3.05) is 18.4 Å². The van der Waals surface area contributed by atoms with E-state index in [1.54, 1.807) is 23.7 Å². The van der Waals surface area contributed by atoms with Crippen LogP contribution >= 0.6 is 0 Å². The fourth-order valence-electron chi connectivity index (χ4n) is 3.09. The van der Waals surface area contributed by atoms with Gasteiger partial charge in [-0.3, -0.25) is 14.9 Å². The number of rotatable bonds is 4. The molecule has 2 aromatic rings. The minimum absolute atomic E-state index is 0.0344. The highest BCUT2D eigenvalue weighted by molar-refractivity contribution is 6.04. The summed E-state index contributed by atoms with van der Waals surface area (Å²) in [6, 6.07) is 4.81. The number of piperidine rings is 1. The van der Waals surface area contributed by atoms with Crippen molar-refractivity contribution >= 4 is 17.3 Å². The molecule has 9 heteroatoms. The van der Waals surface area contributed by atoms with Crippen molar-refractivity contribution < 1.29 is 9.72 Å². The van der Waals surface area contributed by atoms with Crippen LogP contribution in [0.4, 0.5) is 11.4 Å². The molecule has 0 spiro atoms. The van der Waals surface area contributed by atoms with Crippen molar-refractivity contribution in [2.45, 2.75) is 32.7 Å². The number of nitrogens with one attached hydrogen (secondary N) is 2. The van der Waals surface area contributed by atoms with Gasteiger partial charge >= 0.3 is 0 Å². The lowest BCUT2D eigenvalue weighted by atomic mass is 10.1. The maximum absolute atomic E-state index is 12.6. The van der Waals surface area contributed by atoms with Gasteiger partial charge in [-0.1, -0.05) is 11.3 Å². The van der Waals surface area contributed by atoms with Crippen molar-refractivity contribution in [2.24, 2.45) is 0 Å². The standard InChI is InChI=1S/C16H20N6O3/c1-10-13(4-3-5-14(10)22(24)25)18-16(23)15-11(2)21(20-19-15)12-6-8-17-9-7-12/h3-5,12,17H,6-9H2,1-2H3,(H,18,23). The normalized spacial score (nSPS) is 15.1. The number of hydrogen-bond acceptors (Lipinski definition) is 6. The number of nitro benzene ring substituents is 1. The smallest absolute Gasteiger partial charge is 0.278 e. The van der Waals surface area contributed by atoms with Gasteiger partial charge in [0, 0.05) is 6.07 Å². The van der Waals surface area contributed by atoms with Gasteiger partial charge in [-0.2, -0.15) is 0 Å². The van der Waals surface area contributed by atoms with Crippen molar-refractivity contribution in [3.63, 3.8) is 0 Å². The van der Waals surface area contributed by atoms with E-state index in [0.29, 0.717) is 16.9 Å². The number of carbonyl (C=O) groups excluding carboxylic acids is 1. The van der Waals surface area contributed by atoms with E-state index in [1.807, 2.05) is 6.92 Å². The van der Waals surface area contributed by atoms with Crippen LogP contribution in [0.25, 0.3) is 0 Å². The number of benzene rings is 1. The fraction of sp³-hybridized carbons (Fsp3) is 0.438. The lowest BCUT2D eigenvalue weighted by Gasteiger charge is -2.23. The maximum Gasteiger partial charge on any atom is 0.278 e. The van der Waals surface area contributed by atoms with Crippen LogP contribution in [-0.2, 0) is 0 Å². The highest BCUT2D eigenvalue weighted by Gasteiger charge is 2.24. The van der Waals surface area contributed by atoms with Crippen molar-refractivity contribution in [3.05, 3.63) is 45.3 Å². The molecule has 2 N–H and O–H groups in total. The van der Waals surface area contributed by atoms with E-state index in [0.717, 1.165) is 25.9 Å². The molecule has 1 fully saturated rings. The molecule has 0 bridgehead atoms. The number of nitro groups is 1. The van der Waals surface area contributed by atoms with Gasteiger partial charge in [-0.25, -0.2) is 4.68 Å². The highest BCUT2D eigenvalue weighted by atomic mass is 16.6. The molecule has 0 aliphatic carbocycles. The van der Waals surface area contributed by atoms with Crippen molar-refractivity contribution in [1.82, 2.24) is 20.3 Å². The molecule has 9 nitrogen and oxygen atoms in total. The average Bonchev–Trinajstić information content (AvgIpc) is 2.99. The first-order chi connectivity index (χ1) is 12.0. The monoisotopic (exact) mass is 344 g/mol. The molecule has 0 radical (unpaired) electrons. The molecule has 25 heavy (non-hydrogen) atoms. The summed E-state index contributed by atoms with van der Waals surface area (Å²) in [4.78, 5) is 23.1. The summed E-state index contributed by atoms with van der Waals surface area (Å²) in [6.45, 7) is 5.25. The average molecular weight is 344 g/mol. The van der Waals surface area contributed by atoms with Crippen LogP contribution in [-0.4, -0.2) is 38.9 Å². The highest BCUT2D eigenvalue weighted by Crippen LogP contribution is 2.26. The van der Waals surface area contributed by atoms with Crippen molar-refractivity contribution in [3.8, 4) is 0 Å². The van der Waals surface area contributed by atoms with Crippen LogP contribution in [0, 0.1) is 24.0 Å². The van der Waals surface area contributed by atoms with Crippen LogP contribution in [0.2, 0.25) is 0 Å². The Hall–Kier alpha value is -2.81. The molecule has 1 aromatic carbocycles. The third-order valence-corrected chi connectivity index (χ3v) is 4.55. The third kappa shape index (κ3) is 3.36. The van der Waals surface area contributed by atoms with Gasteiger partial charge in [0.15, 0.2) is 5.69 Å². The molecular formula is C16H20N6O3. The Balaban J connectivity index is 1.82. The van der Waals surface area contributed by atoms with Gasteiger partial charge in [0.1, 0.15) is 0 Å². The van der Waals surface area contributed by atoms with E-state index in [-0.39, 0.29) is 17.4 Å². The number of anilines is 1. The Labute approximate surface area is 144 Å².